The molecule has 3 rings (SSSR count). The molecule has 108 valence electrons. The van der Waals surface area contributed by atoms with Gasteiger partial charge in [0, 0.05) is 6.20 Å². The van der Waals surface area contributed by atoms with Crippen molar-refractivity contribution in [1.29, 1.82) is 0 Å². The van der Waals surface area contributed by atoms with Crippen LogP contribution >= 0.6 is 0 Å². The van der Waals surface area contributed by atoms with E-state index < -0.39 is 37.0 Å². The lowest BCUT2D eigenvalue weighted by molar-refractivity contribution is -0.0459. The standard InChI is InChI=1S/C11H12F2N4O3/c12-4-1-17(10-6(4)9(14)15-3-16-10)11-7(13)8(19)5(2-18)20-11/h1,3,5,7-8,11,18-19H,2H2,(H2,14,15,16). The van der Waals surface area contributed by atoms with E-state index in [0.29, 0.717) is 0 Å². The number of rotatable bonds is 2. The van der Waals surface area contributed by atoms with Crippen molar-refractivity contribution in [3.63, 3.8) is 0 Å². The first-order valence-corrected chi connectivity index (χ1v) is 5.89. The number of hydrogen-bond acceptors (Lipinski definition) is 6. The average molecular weight is 286 g/mol. The van der Waals surface area contributed by atoms with Gasteiger partial charge in [-0.1, -0.05) is 0 Å². The van der Waals surface area contributed by atoms with E-state index in [4.69, 9.17) is 15.6 Å². The van der Waals surface area contributed by atoms with Gasteiger partial charge in [-0.05, 0) is 0 Å². The van der Waals surface area contributed by atoms with E-state index in [2.05, 4.69) is 9.97 Å². The van der Waals surface area contributed by atoms with Crippen LogP contribution in [0.1, 0.15) is 6.23 Å². The normalized spacial score (nSPS) is 30.2. The summed E-state index contributed by atoms with van der Waals surface area (Å²) in [5.74, 6) is -0.783. The zero-order valence-corrected chi connectivity index (χ0v) is 10.1. The molecule has 7 nitrogen and oxygen atoms in total. The summed E-state index contributed by atoms with van der Waals surface area (Å²) in [5.41, 5.74) is 5.62. The van der Waals surface area contributed by atoms with Crippen molar-refractivity contribution in [1.82, 2.24) is 14.5 Å². The number of aliphatic hydroxyl groups is 2. The van der Waals surface area contributed by atoms with Crippen LogP contribution in [0.4, 0.5) is 14.6 Å². The highest BCUT2D eigenvalue weighted by atomic mass is 19.1. The van der Waals surface area contributed by atoms with Crippen LogP contribution in [0.25, 0.3) is 11.0 Å². The Morgan fingerprint density at radius 2 is 2.20 bits per heavy atom. The predicted molar refractivity (Wildman–Crippen MR) is 63.8 cm³/mol. The van der Waals surface area contributed by atoms with E-state index in [1.807, 2.05) is 0 Å². The highest BCUT2D eigenvalue weighted by Crippen LogP contribution is 2.35. The second kappa shape index (κ2) is 4.62. The van der Waals surface area contributed by atoms with E-state index in [9.17, 15) is 13.9 Å². The van der Waals surface area contributed by atoms with Crippen LogP contribution in [-0.4, -0.2) is 49.7 Å². The highest BCUT2D eigenvalue weighted by Gasteiger charge is 2.45. The summed E-state index contributed by atoms with van der Waals surface area (Å²) in [7, 11) is 0. The van der Waals surface area contributed by atoms with Gasteiger partial charge in [-0.3, -0.25) is 4.57 Å². The second-order valence-corrected chi connectivity index (χ2v) is 4.52. The molecule has 4 atom stereocenters. The monoisotopic (exact) mass is 286 g/mol. The molecule has 3 heterocycles. The molecule has 0 spiro atoms. The summed E-state index contributed by atoms with van der Waals surface area (Å²) in [6.45, 7) is -0.545. The number of fused-ring (bicyclic) bond motifs is 1. The van der Waals surface area contributed by atoms with Crippen LogP contribution < -0.4 is 5.73 Å². The Kier molecular flexibility index (Phi) is 3.04. The fourth-order valence-corrected chi connectivity index (χ4v) is 2.33. The van der Waals surface area contributed by atoms with Crippen LogP contribution in [0.2, 0.25) is 0 Å². The molecule has 0 aromatic carbocycles. The van der Waals surface area contributed by atoms with E-state index in [1.54, 1.807) is 0 Å². The van der Waals surface area contributed by atoms with Crippen LogP contribution in [0.15, 0.2) is 12.5 Å². The molecule has 1 aliphatic heterocycles. The summed E-state index contributed by atoms with van der Waals surface area (Å²) in [5, 5.41) is 18.6. The molecule has 2 aromatic rings. The molecule has 9 heteroatoms. The molecule has 4 unspecified atom stereocenters. The summed E-state index contributed by atoms with van der Waals surface area (Å²) in [4.78, 5) is 7.52. The Morgan fingerprint density at radius 1 is 1.45 bits per heavy atom. The topological polar surface area (TPSA) is 106 Å². The molecule has 0 bridgehead atoms. The third kappa shape index (κ3) is 1.74. The van der Waals surface area contributed by atoms with Crippen LogP contribution in [-0.2, 0) is 4.74 Å². The van der Waals surface area contributed by atoms with Crippen molar-refractivity contribution >= 4 is 16.9 Å². The number of aliphatic hydroxyl groups excluding tert-OH is 2. The summed E-state index contributed by atoms with van der Waals surface area (Å²) in [6, 6.07) is 0. The van der Waals surface area contributed by atoms with Crippen molar-refractivity contribution in [2.75, 3.05) is 12.3 Å². The maximum Gasteiger partial charge on any atom is 0.173 e. The SMILES string of the molecule is Nc1ncnc2c1c(F)cn2C1OC(CO)C(O)C1F. The minimum absolute atomic E-state index is 0.0368. The molecule has 0 amide bonds. The first kappa shape index (κ1) is 13.2. The number of aromatic nitrogens is 3. The molecule has 1 fully saturated rings. The van der Waals surface area contributed by atoms with Gasteiger partial charge in [0.05, 0.1) is 12.0 Å². The molecule has 4 N–H and O–H groups in total. The molecule has 0 radical (unpaired) electrons. The van der Waals surface area contributed by atoms with Gasteiger partial charge in [0.1, 0.15) is 24.4 Å². The third-order valence-corrected chi connectivity index (χ3v) is 3.34. The van der Waals surface area contributed by atoms with Crippen LogP contribution in [0.3, 0.4) is 0 Å². The number of nitrogens with zero attached hydrogens (tertiary/aromatic N) is 3. The number of halogens is 2. The number of nitrogen functional groups attached to an aromatic ring is 1. The van der Waals surface area contributed by atoms with Gasteiger partial charge in [0.25, 0.3) is 0 Å². The second-order valence-electron chi connectivity index (χ2n) is 4.52. The van der Waals surface area contributed by atoms with Gasteiger partial charge in [-0.25, -0.2) is 18.7 Å². The quantitative estimate of drug-likeness (QED) is 0.702. The van der Waals surface area contributed by atoms with Crippen molar-refractivity contribution < 1.29 is 23.7 Å². The van der Waals surface area contributed by atoms with Crippen LogP contribution in [0.5, 0.6) is 0 Å². The molecule has 1 saturated heterocycles. The van der Waals surface area contributed by atoms with Crippen molar-refractivity contribution in [2.24, 2.45) is 0 Å². The van der Waals surface area contributed by atoms with E-state index in [0.717, 1.165) is 17.1 Å². The molecule has 0 aliphatic carbocycles. The van der Waals surface area contributed by atoms with E-state index in [1.165, 1.54) is 0 Å². The zero-order valence-electron chi connectivity index (χ0n) is 10.1. The van der Waals surface area contributed by atoms with Gasteiger partial charge in [0.15, 0.2) is 23.9 Å². The fraction of sp³-hybridized carbons (Fsp3) is 0.455. The van der Waals surface area contributed by atoms with Crippen molar-refractivity contribution in [3.8, 4) is 0 Å². The lowest BCUT2D eigenvalue weighted by Crippen LogP contribution is -2.30. The number of nitrogens with two attached hydrogens (primary N) is 1. The Labute approximate surface area is 111 Å². The zero-order chi connectivity index (χ0) is 14.4. The Hall–Kier alpha value is -1.84. The van der Waals surface area contributed by atoms with E-state index in [-0.39, 0.29) is 16.9 Å². The van der Waals surface area contributed by atoms with Crippen molar-refractivity contribution in [3.05, 3.63) is 18.3 Å². The maximum absolute atomic E-state index is 14.0. The predicted octanol–water partition coefficient (Wildman–Crippen LogP) is -0.259. The summed E-state index contributed by atoms with van der Waals surface area (Å²) in [6.07, 6.45) is -3.57. The molecular formula is C11H12F2N4O3. The molecule has 1 aliphatic rings. The lowest BCUT2D eigenvalue weighted by Gasteiger charge is -2.15. The van der Waals surface area contributed by atoms with Crippen LogP contribution in [0, 0.1) is 5.82 Å². The first-order valence-electron chi connectivity index (χ1n) is 5.89. The largest absolute Gasteiger partial charge is 0.394 e. The Morgan fingerprint density at radius 3 is 2.85 bits per heavy atom. The Balaban J connectivity index is 2.10. The molecular weight excluding hydrogens is 274 g/mol. The molecule has 20 heavy (non-hydrogen) atoms. The minimum atomic E-state index is -1.82. The van der Waals surface area contributed by atoms with Gasteiger partial charge in [-0.2, -0.15) is 0 Å². The molecule has 2 aromatic heterocycles. The van der Waals surface area contributed by atoms with Gasteiger partial charge >= 0.3 is 0 Å². The van der Waals surface area contributed by atoms with Gasteiger partial charge < -0.3 is 20.7 Å². The van der Waals surface area contributed by atoms with Gasteiger partial charge in [-0.15, -0.1) is 0 Å². The lowest BCUT2D eigenvalue weighted by atomic mass is 10.1. The Bertz CT molecular complexity index is 650. The number of ether oxygens (including phenoxy) is 1. The van der Waals surface area contributed by atoms with E-state index >= 15 is 0 Å². The number of hydrogen-bond donors (Lipinski definition) is 3. The smallest absolute Gasteiger partial charge is 0.173 e. The number of alkyl halides is 1. The molecule has 0 saturated carbocycles. The summed E-state index contributed by atoms with van der Waals surface area (Å²) >= 11 is 0. The average Bonchev–Trinajstić information content (AvgIpc) is 2.90. The summed E-state index contributed by atoms with van der Waals surface area (Å²) < 4.78 is 34.2. The number of anilines is 1. The van der Waals surface area contributed by atoms with Gasteiger partial charge in [0.2, 0.25) is 0 Å². The minimum Gasteiger partial charge on any atom is -0.394 e. The maximum atomic E-state index is 14.0. The highest BCUT2D eigenvalue weighted by molar-refractivity contribution is 5.86. The first-order chi connectivity index (χ1) is 9.54. The fourth-order valence-electron chi connectivity index (χ4n) is 2.33. The third-order valence-electron chi connectivity index (χ3n) is 3.34. The van der Waals surface area contributed by atoms with Crippen molar-refractivity contribution in [2.45, 2.75) is 24.6 Å².